The number of ether oxygens (including phenoxy) is 2. The zero-order valence-corrected chi connectivity index (χ0v) is 15.0. The third-order valence-electron chi connectivity index (χ3n) is 4.06. The summed E-state index contributed by atoms with van der Waals surface area (Å²) >= 11 is 0. The summed E-state index contributed by atoms with van der Waals surface area (Å²) in [6, 6.07) is 8.01. The Morgan fingerprint density at radius 3 is 2.56 bits per heavy atom. The summed E-state index contributed by atoms with van der Waals surface area (Å²) in [7, 11) is 3.28. The molecule has 0 spiro atoms. The van der Waals surface area contributed by atoms with Gasteiger partial charge in [-0.1, -0.05) is 6.92 Å². The van der Waals surface area contributed by atoms with E-state index in [2.05, 4.69) is 34.2 Å². The minimum atomic E-state index is 0.304. The first kappa shape index (κ1) is 17.2. The van der Waals surface area contributed by atoms with Gasteiger partial charge in [-0.05, 0) is 37.6 Å². The lowest BCUT2D eigenvalue weighted by Crippen LogP contribution is -2.16. The topological polar surface area (TPSA) is 74.1 Å². The predicted molar refractivity (Wildman–Crippen MR) is 97.3 cm³/mol. The number of methoxy groups -OCH3 is 2. The maximum absolute atomic E-state index is 5.22. The van der Waals surface area contributed by atoms with Crippen LogP contribution in [-0.4, -0.2) is 40.0 Å². The van der Waals surface area contributed by atoms with E-state index in [1.54, 1.807) is 25.1 Å². The van der Waals surface area contributed by atoms with Crippen molar-refractivity contribution in [2.45, 2.75) is 32.9 Å². The Kier molecular flexibility index (Phi) is 5.14. The Bertz CT molecular complexity index is 845. The normalized spacial score (nSPS) is 12.3. The lowest BCUT2D eigenvalue weighted by Gasteiger charge is -2.14. The van der Waals surface area contributed by atoms with Crippen LogP contribution in [0.5, 0.6) is 5.75 Å². The fourth-order valence-electron chi connectivity index (χ4n) is 2.50. The summed E-state index contributed by atoms with van der Waals surface area (Å²) in [6.45, 7) is 4.60. The average molecular weight is 341 g/mol. The average Bonchev–Trinajstić information content (AvgIpc) is 3.06. The number of hydrogen-bond donors (Lipinski definition) is 1. The van der Waals surface area contributed by atoms with Crippen molar-refractivity contribution in [3.8, 4) is 11.4 Å². The molecule has 0 bridgehead atoms. The first-order valence-electron chi connectivity index (χ1n) is 8.30. The summed E-state index contributed by atoms with van der Waals surface area (Å²) < 4.78 is 12.2. The maximum atomic E-state index is 5.22. The molecule has 0 saturated carbocycles. The molecule has 0 amide bonds. The number of hydrogen-bond acceptors (Lipinski definition) is 6. The molecule has 0 fully saturated rings. The van der Waals surface area contributed by atoms with Crippen molar-refractivity contribution in [1.29, 1.82) is 0 Å². The monoisotopic (exact) mass is 341 g/mol. The molecule has 25 heavy (non-hydrogen) atoms. The van der Waals surface area contributed by atoms with Crippen LogP contribution in [0.1, 0.15) is 26.1 Å². The largest absolute Gasteiger partial charge is 0.497 e. The SMILES string of the molecule is CCC(C)Nc1nc(COC)nc2c1cnn2-c1ccc(OC)cc1. The second kappa shape index (κ2) is 7.48. The van der Waals surface area contributed by atoms with Gasteiger partial charge in [0.25, 0.3) is 0 Å². The van der Waals surface area contributed by atoms with E-state index >= 15 is 0 Å². The number of rotatable bonds is 7. The van der Waals surface area contributed by atoms with Crippen LogP contribution in [0.3, 0.4) is 0 Å². The Hall–Kier alpha value is -2.67. The summed E-state index contributed by atoms with van der Waals surface area (Å²) in [5.74, 6) is 2.20. The second-order valence-electron chi connectivity index (χ2n) is 5.87. The van der Waals surface area contributed by atoms with Crippen LogP contribution in [0.4, 0.5) is 5.82 Å². The van der Waals surface area contributed by atoms with E-state index in [1.165, 1.54) is 0 Å². The van der Waals surface area contributed by atoms with Crippen molar-refractivity contribution in [3.05, 3.63) is 36.3 Å². The van der Waals surface area contributed by atoms with Gasteiger partial charge < -0.3 is 14.8 Å². The summed E-state index contributed by atoms with van der Waals surface area (Å²) in [5, 5.41) is 8.83. The molecule has 1 atom stereocenters. The van der Waals surface area contributed by atoms with Gasteiger partial charge in [-0.25, -0.2) is 14.6 Å². The van der Waals surface area contributed by atoms with Gasteiger partial charge in [-0.15, -0.1) is 0 Å². The van der Waals surface area contributed by atoms with Gasteiger partial charge in [0, 0.05) is 13.2 Å². The van der Waals surface area contributed by atoms with Crippen LogP contribution in [0.25, 0.3) is 16.7 Å². The zero-order valence-electron chi connectivity index (χ0n) is 15.0. The highest BCUT2D eigenvalue weighted by atomic mass is 16.5. The van der Waals surface area contributed by atoms with E-state index in [9.17, 15) is 0 Å². The molecule has 2 heterocycles. The molecule has 0 saturated heterocycles. The molecular formula is C18H23N5O2. The van der Waals surface area contributed by atoms with E-state index in [-0.39, 0.29) is 0 Å². The first-order valence-corrected chi connectivity index (χ1v) is 8.30. The van der Waals surface area contributed by atoms with E-state index in [0.29, 0.717) is 18.5 Å². The van der Waals surface area contributed by atoms with Crippen LogP contribution in [0.2, 0.25) is 0 Å². The molecule has 7 nitrogen and oxygen atoms in total. The molecule has 1 N–H and O–H groups in total. The third kappa shape index (κ3) is 3.56. The van der Waals surface area contributed by atoms with Crippen molar-refractivity contribution in [2.24, 2.45) is 0 Å². The highest BCUT2D eigenvalue weighted by Gasteiger charge is 2.15. The zero-order chi connectivity index (χ0) is 17.8. The molecule has 1 aromatic carbocycles. The lowest BCUT2D eigenvalue weighted by atomic mass is 10.2. The number of aromatic nitrogens is 4. The van der Waals surface area contributed by atoms with E-state index < -0.39 is 0 Å². The van der Waals surface area contributed by atoms with Crippen LogP contribution >= 0.6 is 0 Å². The van der Waals surface area contributed by atoms with Crippen molar-refractivity contribution < 1.29 is 9.47 Å². The Labute approximate surface area is 147 Å². The molecule has 3 rings (SSSR count). The maximum Gasteiger partial charge on any atom is 0.168 e. The van der Waals surface area contributed by atoms with Gasteiger partial charge in [0.05, 0.1) is 24.4 Å². The number of nitrogens with zero attached hydrogens (tertiary/aromatic N) is 4. The minimum Gasteiger partial charge on any atom is -0.497 e. The van der Waals surface area contributed by atoms with Gasteiger partial charge in [0.15, 0.2) is 11.5 Å². The molecule has 0 aliphatic rings. The highest BCUT2D eigenvalue weighted by Crippen LogP contribution is 2.24. The molecule has 0 aliphatic carbocycles. The molecule has 2 aromatic heterocycles. The molecule has 0 radical (unpaired) electrons. The number of anilines is 1. The molecule has 7 heteroatoms. The minimum absolute atomic E-state index is 0.304. The van der Waals surface area contributed by atoms with Crippen molar-refractivity contribution in [3.63, 3.8) is 0 Å². The van der Waals surface area contributed by atoms with E-state index in [0.717, 1.165) is 34.7 Å². The van der Waals surface area contributed by atoms with Gasteiger partial charge in [-0.2, -0.15) is 5.10 Å². The van der Waals surface area contributed by atoms with Gasteiger partial charge in [0.2, 0.25) is 0 Å². The fraction of sp³-hybridized carbons (Fsp3) is 0.389. The quantitative estimate of drug-likeness (QED) is 0.711. The number of fused-ring (bicyclic) bond motifs is 1. The summed E-state index contributed by atoms with van der Waals surface area (Å²) in [5.41, 5.74) is 1.66. The van der Waals surface area contributed by atoms with Crippen LogP contribution in [-0.2, 0) is 11.3 Å². The molecular weight excluding hydrogens is 318 g/mol. The molecule has 132 valence electrons. The van der Waals surface area contributed by atoms with E-state index in [4.69, 9.17) is 9.47 Å². The Balaban J connectivity index is 2.10. The number of nitrogens with one attached hydrogen (secondary N) is 1. The Morgan fingerprint density at radius 1 is 1.16 bits per heavy atom. The van der Waals surface area contributed by atoms with Crippen molar-refractivity contribution in [2.75, 3.05) is 19.5 Å². The van der Waals surface area contributed by atoms with Crippen LogP contribution in [0.15, 0.2) is 30.5 Å². The molecule has 3 aromatic rings. The fourth-order valence-corrected chi connectivity index (χ4v) is 2.50. The summed E-state index contributed by atoms with van der Waals surface area (Å²) in [4.78, 5) is 9.22. The Morgan fingerprint density at radius 2 is 1.92 bits per heavy atom. The smallest absolute Gasteiger partial charge is 0.168 e. The standard InChI is InChI=1S/C18H23N5O2/c1-5-12(2)20-17-15-10-19-23(13-6-8-14(25-4)9-7-13)18(15)22-16(21-17)11-24-3/h6-10,12H,5,11H2,1-4H3,(H,20,21,22). The van der Waals surface area contributed by atoms with E-state index in [1.807, 2.05) is 24.3 Å². The molecule has 0 aliphatic heterocycles. The van der Waals surface area contributed by atoms with Gasteiger partial charge in [0.1, 0.15) is 18.2 Å². The van der Waals surface area contributed by atoms with Crippen LogP contribution in [0, 0.1) is 0 Å². The first-order chi connectivity index (χ1) is 12.2. The van der Waals surface area contributed by atoms with Crippen LogP contribution < -0.4 is 10.1 Å². The van der Waals surface area contributed by atoms with Crippen molar-refractivity contribution >= 4 is 16.9 Å². The predicted octanol–water partition coefficient (Wildman–Crippen LogP) is 3.18. The second-order valence-corrected chi connectivity index (χ2v) is 5.87. The highest BCUT2D eigenvalue weighted by molar-refractivity contribution is 5.87. The summed E-state index contributed by atoms with van der Waals surface area (Å²) in [6.07, 6.45) is 2.79. The van der Waals surface area contributed by atoms with Gasteiger partial charge in [-0.3, -0.25) is 0 Å². The molecule has 1 unspecified atom stereocenters. The number of benzene rings is 1. The van der Waals surface area contributed by atoms with Gasteiger partial charge >= 0.3 is 0 Å². The lowest BCUT2D eigenvalue weighted by molar-refractivity contribution is 0.178. The van der Waals surface area contributed by atoms with Crippen molar-refractivity contribution in [1.82, 2.24) is 19.7 Å². The third-order valence-corrected chi connectivity index (χ3v) is 4.06.